The summed E-state index contributed by atoms with van der Waals surface area (Å²) in [6.07, 6.45) is 2.34. The minimum absolute atomic E-state index is 0.0572. The van der Waals surface area contributed by atoms with E-state index in [4.69, 9.17) is 18.9 Å². The number of amides is 2. The molecular formula is C23H30N2O7. The first-order valence-corrected chi connectivity index (χ1v) is 11.1. The van der Waals surface area contributed by atoms with E-state index in [0.717, 1.165) is 0 Å². The van der Waals surface area contributed by atoms with Crippen molar-refractivity contribution in [2.45, 2.75) is 50.4 Å². The quantitative estimate of drug-likeness (QED) is 0.706. The first kappa shape index (κ1) is 22.5. The lowest BCUT2D eigenvalue weighted by atomic mass is 9.94. The largest absolute Gasteiger partial charge is 0.490 e. The molecule has 2 fully saturated rings. The number of hydrogen-bond acceptors (Lipinski definition) is 7. The molecule has 0 bridgehead atoms. The maximum absolute atomic E-state index is 13.3. The third kappa shape index (κ3) is 4.88. The third-order valence-corrected chi connectivity index (χ3v) is 6.49. The fourth-order valence-electron chi connectivity index (χ4n) is 4.58. The Morgan fingerprint density at radius 2 is 1.97 bits per heavy atom. The molecular weight excluding hydrogens is 416 g/mol. The molecule has 4 rings (SSSR count). The summed E-state index contributed by atoms with van der Waals surface area (Å²) >= 11 is 0. The molecule has 0 unspecified atom stereocenters. The van der Waals surface area contributed by atoms with Crippen LogP contribution >= 0.6 is 0 Å². The average molecular weight is 447 g/mol. The summed E-state index contributed by atoms with van der Waals surface area (Å²) in [5, 5.41) is 2.93. The van der Waals surface area contributed by atoms with Gasteiger partial charge in [-0.15, -0.1) is 0 Å². The van der Waals surface area contributed by atoms with Crippen LogP contribution in [-0.2, 0) is 23.8 Å². The number of methoxy groups -OCH3 is 1. The number of carbonyl (C=O) groups is 3. The van der Waals surface area contributed by atoms with Gasteiger partial charge < -0.3 is 29.2 Å². The predicted molar refractivity (Wildman–Crippen MR) is 115 cm³/mol. The van der Waals surface area contributed by atoms with E-state index in [9.17, 15) is 14.4 Å². The van der Waals surface area contributed by atoms with E-state index in [0.29, 0.717) is 55.9 Å². The van der Waals surface area contributed by atoms with Gasteiger partial charge in [0.25, 0.3) is 5.91 Å². The highest BCUT2D eigenvalue weighted by Crippen LogP contribution is 2.32. The van der Waals surface area contributed by atoms with E-state index >= 15 is 0 Å². The van der Waals surface area contributed by atoms with Gasteiger partial charge in [0.1, 0.15) is 18.5 Å². The number of benzene rings is 1. The third-order valence-electron chi connectivity index (χ3n) is 6.49. The van der Waals surface area contributed by atoms with Gasteiger partial charge in [-0.25, -0.2) is 0 Å². The Morgan fingerprint density at radius 1 is 1.19 bits per heavy atom. The summed E-state index contributed by atoms with van der Waals surface area (Å²) < 4.78 is 22.1. The summed E-state index contributed by atoms with van der Waals surface area (Å²) in [7, 11) is 3.11. The molecule has 3 aliphatic rings. The van der Waals surface area contributed by atoms with Crippen molar-refractivity contribution in [3.05, 3.63) is 23.8 Å². The molecule has 2 amide bonds. The summed E-state index contributed by atoms with van der Waals surface area (Å²) in [6.45, 7) is 1.44. The molecule has 3 aliphatic heterocycles. The number of esters is 1. The number of anilines is 1. The molecule has 3 heterocycles. The van der Waals surface area contributed by atoms with Gasteiger partial charge in [0, 0.05) is 31.9 Å². The van der Waals surface area contributed by atoms with E-state index in [1.165, 1.54) is 7.11 Å². The van der Waals surface area contributed by atoms with Gasteiger partial charge in [-0.3, -0.25) is 14.4 Å². The van der Waals surface area contributed by atoms with Crippen molar-refractivity contribution < 1.29 is 33.3 Å². The molecule has 3 atom stereocenters. The van der Waals surface area contributed by atoms with Crippen LogP contribution < -0.4 is 10.1 Å². The van der Waals surface area contributed by atoms with Gasteiger partial charge >= 0.3 is 5.97 Å². The number of nitrogens with one attached hydrogen (secondary N) is 1. The fourth-order valence-corrected chi connectivity index (χ4v) is 4.58. The first-order chi connectivity index (χ1) is 15.5. The Bertz CT molecular complexity index is 868. The maximum Gasteiger partial charge on any atom is 0.308 e. The molecule has 9 nitrogen and oxygen atoms in total. The smallest absolute Gasteiger partial charge is 0.308 e. The lowest BCUT2D eigenvalue weighted by Crippen LogP contribution is -2.53. The van der Waals surface area contributed by atoms with Gasteiger partial charge in [0.2, 0.25) is 5.91 Å². The Hall–Kier alpha value is -2.65. The average Bonchev–Trinajstić information content (AvgIpc) is 2.82. The Morgan fingerprint density at radius 3 is 2.72 bits per heavy atom. The Balaban J connectivity index is 1.48. The molecule has 2 saturated heterocycles. The lowest BCUT2D eigenvalue weighted by molar-refractivity contribution is -0.151. The molecule has 1 N–H and O–H groups in total. The second-order valence-corrected chi connectivity index (χ2v) is 8.54. The summed E-state index contributed by atoms with van der Waals surface area (Å²) in [4.78, 5) is 39.2. The van der Waals surface area contributed by atoms with E-state index in [2.05, 4.69) is 5.32 Å². The van der Waals surface area contributed by atoms with E-state index in [-0.39, 0.29) is 55.0 Å². The fraction of sp³-hybridized carbons (Fsp3) is 0.609. The van der Waals surface area contributed by atoms with Crippen LogP contribution in [0.25, 0.3) is 0 Å². The monoisotopic (exact) mass is 446 g/mol. The molecule has 1 aromatic rings. The Kier molecular flexibility index (Phi) is 6.95. The van der Waals surface area contributed by atoms with Crippen molar-refractivity contribution in [3.8, 4) is 5.75 Å². The molecule has 0 aromatic heterocycles. The summed E-state index contributed by atoms with van der Waals surface area (Å²) in [5.74, 6) is -0.197. The van der Waals surface area contributed by atoms with Crippen LogP contribution in [0, 0.1) is 5.92 Å². The van der Waals surface area contributed by atoms with E-state index < -0.39 is 0 Å². The normalized spacial score (nSPS) is 26.1. The minimum atomic E-state index is -0.339. The topological polar surface area (TPSA) is 103 Å². The second-order valence-electron chi connectivity index (χ2n) is 8.54. The highest BCUT2D eigenvalue weighted by atomic mass is 16.6. The number of fused-ring (bicyclic) bond motifs is 2. The van der Waals surface area contributed by atoms with Crippen LogP contribution in [0.3, 0.4) is 0 Å². The molecule has 0 saturated carbocycles. The maximum atomic E-state index is 13.3. The number of rotatable bonds is 4. The van der Waals surface area contributed by atoms with Crippen LogP contribution in [0.15, 0.2) is 18.2 Å². The SMILES string of the molecule is COC(=O)C[C@H]1CC[C@H]2[C@H](COc3ccc(NC(=O)C4CCOCC4)cc3C(=O)N2C)O1. The van der Waals surface area contributed by atoms with Gasteiger partial charge in [-0.2, -0.15) is 0 Å². The van der Waals surface area contributed by atoms with Crippen molar-refractivity contribution in [1.29, 1.82) is 0 Å². The number of carbonyl (C=O) groups excluding carboxylic acids is 3. The van der Waals surface area contributed by atoms with E-state index in [1.807, 2.05) is 0 Å². The summed E-state index contributed by atoms with van der Waals surface area (Å²) in [6, 6.07) is 4.96. The molecule has 0 aliphatic carbocycles. The number of ether oxygens (including phenoxy) is 4. The van der Waals surface area contributed by atoms with Crippen molar-refractivity contribution in [2.24, 2.45) is 5.92 Å². The minimum Gasteiger partial charge on any atom is -0.490 e. The zero-order chi connectivity index (χ0) is 22.7. The Labute approximate surface area is 187 Å². The van der Waals surface area contributed by atoms with Gasteiger partial charge in [0.05, 0.1) is 31.2 Å². The zero-order valence-electron chi connectivity index (χ0n) is 18.5. The molecule has 32 heavy (non-hydrogen) atoms. The summed E-state index contributed by atoms with van der Waals surface area (Å²) in [5.41, 5.74) is 0.980. The molecule has 1 aromatic carbocycles. The van der Waals surface area contributed by atoms with Gasteiger partial charge in [0.15, 0.2) is 0 Å². The van der Waals surface area contributed by atoms with Crippen LogP contribution in [0.4, 0.5) is 5.69 Å². The van der Waals surface area contributed by atoms with Crippen molar-refractivity contribution in [1.82, 2.24) is 4.90 Å². The molecule has 0 radical (unpaired) electrons. The predicted octanol–water partition coefficient (Wildman–Crippen LogP) is 2.00. The van der Waals surface area contributed by atoms with Crippen LogP contribution in [0.5, 0.6) is 5.75 Å². The van der Waals surface area contributed by atoms with E-state index in [1.54, 1.807) is 30.1 Å². The lowest BCUT2D eigenvalue weighted by Gasteiger charge is -2.42. The highest BCUT2D eigenvalue weighted by molar-refractivity contribution is 6.00. The van der Waals surface area contributed by atoms with Crippen LogP contribution in [0.2, 0.25) is 0 Å². The number of hydrogen-bond donors (Lipinski definition) is 1. The first-order valence-electron chi connectivity index (χ1n) is 11.1. The van der Waals surface area contributed by atoms with Crippen molar-refractivity contribution in [3.63, 3.8) is 0 Å². The highest BCUT2D eigenvalue weighted by Gasteiger charge is 2.39. The van der Waals surface area contributed by atoms with Crippen LogP contribution in [-0.4, -0.2) is 74.9 Å². The second kappa shape index (κ2) is 9.87. The van der Waals surface area contributed by atoms with Gasteiger partial charge in [-0.1, -0.05) is 0 Å². The number of nitrogens with zero attached hydrogens (tertiary/aromatic N) is 1. The van der Waals surface area contributed by atoms with Crippen LogP contribution in [0.1, 0.15) is 42.5 Å². The van der Waals surface area contributed by atoms with Crippen molar-refractivity contribution >= 4 is 23.5 Å². The zero-order valence-corrected chi connectivity index (χ0v) is 18.5. The standard InChI is InChI=1S/C23H30N2O7/c1-25-18-5-4-16(12-21(26)29-2)32-20(18)13-31-19-6-3-15(11-17(19)23(25)28)24-22(27)14-7-9-30-10-8-14/h3,6,11,14,16,18,20H,4-5,7-10,12-13H2,1-2H3,(H,24,27)/t16-,18+,20+/m1/s1. The molecule has 0 spiro atoms. The molecule has 9 heteroatoms. The molecule has 174 valence electrons. The van der Waals surface area contributed by atoms with Gasteiger partial charge in [-0.05, 0) is 43.9 Å². The van der Waals surface area contributed by atoms with Crippen molar-refractivity contribution in [2.75, 3.05) is 39.3 Å². The number of likely N-dealkylation sites (N-methyl/N-ethyl adjacent to an activating group) is 1.